The van der Waals surface area contributed by atoms with Gasteiger partial charge >= 0.3 is 5.63 Å². The Morgan fingerprint density at radius 2 is 1.85 bits per heavy atom. The average Bonchev–Trinajstić information content (AvgIpc) is 2.67. The molecule has 0 saturated carbocycles. The molecule has 26 heavy (non-hydrogen) atoms. The molecule has 5 rings (SSSR count). The summed E-state index contributed by atoms with van der Waals surface area (Å²) in [6, 6.07) is 2.17. The zero-order valence-electron chi connectivity index (χ0n) is 14.9. The molecule has 3 aliphatic heterocycles. The number of halogens is 1. The molecule has 3 aliphatic rings. The monoisotopic (exact) mass is 374 g/mol. The highest BCUT2D eigenvalue weighted by molar-refractivity contribution is 6.36. The van der Waals surface area contributed by atoms with Gasteiger partial charge in [0.1, 0.15) is 5.58 Å². The van der Waals surface area contributed by atoms with E-state index in [0.717, 1.165) is 50.8 Å². The summed E-state index contributed by atoms with van der Waals surface area (Å²) in [5, 5.41) is 1.48. The summed E-state index contributed by atoms with van der Waals surface area (Å²) in [4.78, 5) is 17.4. The van der Waals surface area contributed by atoms with Crippen molar-refractivity contribution in [3.8, 4) is 0 Å². The van der Waals surface area contributed by atoms with Gasteiger partial charge < -0.3 is 14.1 Å². The number of anilines is 1. The van der Waals surface area contributed by atoms with E-state index in [4.69, 9.17) is 20.8 Å². The van der Waals surface area contributed by atoms with Gasteiger partial charge in [0.15, 0.2) is 0 Å². The van der Waals surface area contributed by atoms with E-state index >= 15 is 0 Å². The van der Waals surface area contributed by atoms with Crippen molar-refractivity contribution in [2.45, 2.75) is 32.2 Å². The SMILES string of the molecule is O=c1oc2c3c4c(cc2c(Cl)c1CN1CCOCC1)CCCN4CCC3. The fourth-order valence-corrected chi connectivity index (χ4v) is 4.91. The smallest absolute Gasteiger partial charge is 0.342 e. The number of nitrogens with zero attached hydrogens (tertiary/aromatic N) is 2. The van der Waals surface area contributed by atoms with Gasteiger partial charge in [-0.15, -0.1) is 0 Å². The Kier molecular flexibility index (Phi) is 4.18. The molecule has 4 heterocycles. The van der Waals surface area contributed by atoms with Gasteiger partial charge in [-0.25, -0.2) is 4.79 Å². The van der Waals surface area contributed by atoms with Crippen LogP contribution in [-0.4, -0.2) is 44.3 Å². The van der Waals surface area contributed by atoms with Crippen LogP contribution in [-0.2, 0) is 24.1 Å². The highest BCUT2D eigenvalue weighted by Crippen LogP contribution is 2.41. The van der Waals surface area contributed by atoms with E-state index in [1.54, 1.807) is 0 Å². The lowest BCUT2D eigenvalue weighted by molar-refractivity contribution is 0.0338. The van der Waals surface area contributed by atoms with Crippen LogP contribution in [0.2, 0.25) is 5.02 Å². The first-order chi connectivity index (χ1) is 12.7. The molecule has 0 atom stereocenters. The summed E-state index contributed by atoms with van der Waals surface area (Å²) in [7, 11) is 0. The van der Waals surface area contributed by atoms with Crippen molar-refractivity contribution >= 4 is 28.3 Å². The Morgan fingerprint density at radius 1 is 1.08 bits per heavy atom. The van der Waals surface area contributed by atoms with E-state index in [2.05, 4.69) is 15.9 Å². The topological polar surface area (TPSA) is 45.9 Å². The third-order valence-electron chi connectivity index (χ3n) is 5.90. The molecule has 1 saturated heterocycles. The third kappa shape index (κ3) is 2.65. The van der Waals surface area contributed by atoms with Gasteiger partial charge in [0.05, 0.1) is 23.8 Å². The van der Waals surface area contributed by atoms with Crippen molar-refractivity contribution in [2.75, 3.05) is 44.3 Å². The van der Waals surface area contributed by atoms with Crippen molar-refractivity contribution in [1.29, 1.82) is 0 Å². The molecular weight excluding hydrogens is 352 g/mol. The van der Waals surface area contributed by atoms with Gasteiger partial charge in [0.2, 0.25) is 0 Å². The molecule has 138 valence electrons. The second kappa shape index (κ2) is 6.55. The molecule has 0 unspecified atom stereocenters. The number of fused-ring (bicyclic) bond motifs is 2. The number of hydrogen-bond donors (Lipinski definition) is 0. The minimum absolute atomic E-state index is 0.293. The van der Waals surface area contributed by atoms with Crippen LogP contribution in [0.5, 0.6) is 0 Å². The zero-order chi connectivity index (χ0) is 17.7. The predicted octanol–water partition coefficient (Wildman–Crippen LogP) is 2.98. The highest BCUT2D eigenvalue weighted by Gasteiger charge is 2.28. The number of aryl methyl sites for hydroxylation is 2. The van der Waals surface area contributed by atoms with Crippen LogP contribution >= 0.6 is 11.6 Å². The van der Waals surface area contributed by atoms with Crippen molar-refractivity contribution in [1.82, 2.24) is 4.90 Å². The van der Waals surface area contributed by atoms with Crippen LogP contribution in [0.1, 0.15) is 29.5 Å². The van der Waals surface area contributed by atoms with Crippen LogP contribution in [0.3, 0.4) is 0 Å². The second-order valence-corrected chi connectivity index (χ2v) is 7.88. The van der Waals surface area contributed by atoms with E-state index in [-0.39, 0.29) is 5.63 Å². The van der Waals surface area contributed by atoms with Crippen molar-refractivity contribution in [3.63, 3.8) is 0 Å². The lowest BCUT2D eigenvalue weighted by Crippen LogP contribution is -2.37. The maximum Gasteiger partial charge on any atom is 0.342 e. The van der Waals surface area contributed by atoms with Gasteiger partial charge in [-0.05, 0) is 37.3 Å². The van der Waals surface area contributed by atoms with E-state index in [1.165, 1.54) is 23.2 Å². The maximum absolute atomic E-state index is 12.7. The maximum atomic E-state index is 12.7. The third-order valence-corrected chi connectivity index (χ3v) is 6.33. The van der Waals surface area contributed by atoms with Gasteiger partial charge in [-0.3, -0.25) is 4.90 Å². The highest BCUT2D eigenvalue weighted by atomic mass is 35.5. The van der Waals surface area contributed by atoms with E-state index in [0.29, 0.717) is 35.9 Å². The second-order valence-electron chi connectivity index (χ2n) is 7.50. The number of benzene rings is 1. The molecule has 0 radical (unpaired) electrons. The molecule has 0 aliphatic carbocycles. The summed E-state index contributed by atoms with van der Waals surface area (Å²) >= 11 is 6.76. The minimum Gasteiger partial charge on any atom is -0.422 e. The first kappa shape index (κ1) is 16.6. The Hall–Kier alpha value is -1.56. The molecule has 6 heteroatoms. The predicted molar refractivity (Wildman–Crippen MR) is 102 cm³/mol. The van der Waals surface area contributed by atoms with E-state index < -0.39 is 0 Å². The van der Waals surface area contributed by atoms with Crippen LogP contribution < -0.4 is 10.5 Å². The number of ether oxygens (including phenoxy) is 1. The Morgan fingerprint density at radius 3 is 2.65 bits per heavy atom. The molecule has 1 aromatic heterocycles. The lowest BCUT2D eigenvalue weighted by atomic mass is 9.90. The quantitative estimate of drug-likeness (QED) is 0.756. The van der Waals surface area contributed by atoms with Crippen LogP contribution in [0, 0.1) is 0 Å². The fourth-order valence-electron chi connectivity index (χ4n) is 4.63. The van der Waals surface area contributed by atoms with Crippen LogP contribution in [0.4, 0.5) is 5.69 Å². The average molecular weight is 375 g/mol. The Balaban J connectivity index is 1.66. The summed E-state index contributed by atoms with van der Waals surface area (Å²) < 4.78 is 11.3. The zero-order valence-corrected chi connectivity index (χ0v) is 15.6. The Labute approximate surface area is 157 Å². The number of hydrogen-bond acceptors (Lipinski definition) is 5. The molecule has 1 fully saturated rings. The Bertz CT molecular complexity index is 916. The standard InChI is InChI=1S/C20H23ClN2O3/c21-17-15-11-13-3-1-5-23-6-2-4-14(18(13)23)19(15)26-20(24)16(17)12-22-7-9-25-10-8-22/h11H,1-10,12H2. The van der Waals surface area contributed by atoms with Crippen molar-refractivity contribution in [2.24, 2.45) is 0 Å². The molecule has 2 aromatic rings. The van der Waals surface area contributed by atoms with Crippen molar-refractivity contribution in [3.05, 3.63) is 38.2 Å². The molecule has 0 amide bonds. The van der Waals surface area contributed by atoms with E-state index in [1.807, 2.05) is 0 Å². The molecule has 0 spiro atoms. The first-order valence-electron chi connectivity index (χ1n) is 9.57. The van der Waals surface area contributed by atoms with Crippen LogP contribution in [0.25, 0.3) is 11.0 Å². The first-order valence-corrected chi connectivity index (χ1v) is 9.95. The molecule has 5 nitrogen and oxygen atoms in total. The van der Waals surface area contributed by atoms with E-state index in [9.17, 15) is 4.79 Å². The lowest BCUT2D eigenvalue weighted by Gasteiger charge is -2.37. The number of morpholine rings is 1. The summed E-state index contributed by atoms with van der Waals surface area (Å²) in [5.74, 6) is 0. The summed E-state index contributed by atoms with van der Waals surface area (Å²) in [5.41, 5.74) is 4.83. The minimum atomic E-state index is -0.293. The van der Waals surface area contributed by atoms with Crippen LogP contribution in [0.15, 0.2) is 15.3 Å². The molecule has 0 bridgehead atoms. The van der Waals surface area contributed by atoms with Gasteiger partial charge in [-0.1, -0.05) is 11.6 Å². The van der Waals surface area contributed by atoms with Gasteiger partial charge in [0, 0.05) is 49.4 Å². The summed E-state index contributed by atoms with van der Waals surface area (Å²) in [6.45, 7) is 5.75. The normalized spacial score (nSPS) is 20.4. The number of rotatable bonds is 2. The van der Waals surface area contributed by atoms with Gasteiger partial charge in [0.25, 0.3) is 0 Å². The van der Waals surface area contributed by atoms with Gasteiger partial charge in [-0.2, -0.15) is 0 Å². The molecule has 0 N–H and O–H groups in total. The fraction of sp³-hybridized carbons (Fsp3) is 0.550. The summed E-state index contributed by atoms with van der Waals surface area (Å²) in [6.07, 6.45) is 4.30. The van der Waals surface area contributed by atoms with Crippen molar-refractivity contribution < 1.29 is 9.15 Å². The largest absolute Gasteiger partial charge is 0.422 e. The molecular formula is C20H23ClN2O3. The molecule has 1 aromatic carbocycles.